The maximum absolute atomic E-state index is 13.3. The molecule has 4 aliphatic rings. The molecule has 5 nitrogen and oxygen atoms in total. The van der Waals surface area contributed by atoms with Crippen LogP contribution in [0.3, 0.4) is 0 Å². The van der Waals surface area contributed by atoms with E-state index in [-0.39, 0.29) is 17.4 Å². The average Bonchev–Trinajstić information content (AvgIpc) is 3.53. The molecule has 0 atom stereocenters. The van der Waals surface area contributed by atoms with E-state index in [1.54, 1.807) is 11.3 Å². The monoisotopic (exact) mass is 522 g/mol. The largest absolute Gasteiger partial charge is 0.493 e. The number of hydrogen-bond acceptors (Lipinski definition) is 5. The first kappa shape index (κ1) is 25.4. The van der Waals surface area contributed by atoms with Gasteiger partial charge in [0.15, 0.2) is 5.01 Å². The Balaban J connectivity index is 1.40. The SMILES string of the molecule is CC(C)(C)c1cc(-c2sc(C(=O)NC3CCOCC3)nc2CC2CCCCC2)cc2c1OCCC21CC1. The average molecular weight is 523 g/mol. The van der Waals surface area contributed by atoms with Crippen molar-refractivity contribution in [1.82, 2.24) is 10.3 Å². The number of nitrogens with zero attached hydrogens (tertiary/aromatic N) is 1. The van der Waals surface area contributed by atoms with E-state index < -0.39 is 0 Å². The van der Waals surface area contributed by atoms with Crippen molar-refractivity contribution in [3.63, 3.8) is 0 Å². The third-order valence-corrected chi connectivity index (χ3v) is 10.2. The fourth-order valence-electron chi connectivity index (χ4n) is 6.59. The fraction of sp³-hybridized carbons (Fsp3) is 0.677. The van der Waals surface area contributed by atoms with Crippen molar-refractivity contribution in [1.29, 1.82) is 0 Å². The molecule has 1 aromatic carbocycles. The number of hydrogen-bond donors (Lipinski definition) is 1. The topological polar surface area (TPSA) is 60.5 Å². The van der Waals surface area contributed by atoms with Crippen LogP contribution in [0.5, 0.6) is 5.75 Å². The van der Waals surface area contributed by atoms with Gasteiger partial charge in [0.2, 0.25) is 0 Å². The van der Waals surface area contributed by atoms with Gasteiger partial charge < -0.3 is 14.8 Å². The molecular weight excluding hydrogens is 480 g/mol. The Kier molecular flexibility index (Phi) is 6.85. The molecule has 2 aromatic rings. The molecule has 1 saturated heterocycles. The number of benzene rings is 1. The molecule has 200 valence electrons. The van der Waals surface area contributed by atoms with Crippen molar-refractivity contribution in [2.45, 2.75) is 108 Å². The Labute approximate surface area is 225 Å². The summed E-state index contributed by atoms with van der Waals surface area (Å²) in [5.74, 6) is 1.76. The van der Waals surface area contributed by atoms with E-state index in [1.807, 2.05) is 0 Å². The second kappa shape index (κ2) is 10.00. The van der Waals surface area contributed by atoms with Crippen LogP contribution in [0.1, 0.15) is 112 Å². The number of thiazole rings is 1. The van der Waals surface area contributed by atoms with Crippen molar-refractivity contribution in [2.24, 2.45) is 5.92 Å². The number of fused-ring (bicyclic) bond motifs is 2. The lowest BCUT2D eigenvalue weighted by atomic mass is 9.79. The van der Waals surface area contributed by atoms with E-state index >= 15 is 0 Å². The summed E-state index contributed by atoms with van der Waals surface area (Å²) in [7, 11) is 0. The minimum atomic E-state index is -0.0240. The van der Waals surface area contributed by atoms with Crippen LogP contribution < -0.4 is 10.1 Å². The zero-order valence-electron chi connectivity index (χ0n) is 22.8. The lowest BCUT2D eigenvalue weighted by Gasteiger charge is -2.32. The molecule has 1 spiro atoms. The minimum Gasteiger partial charge on any atom is -0.493 e. The predicted octanol–water partition coefficient (Wildman–Crippen LogP) is 6.95. The number of rotatable bonds is 5. The van der Waals surface area contributed by atoms with Gasteiger partial charge in [-0.25, -0.2) is 4.98 Å². The first-order chi connectivity index (χ1) is 17.8. The van der Waals surface area contributed by atoms with E-state index in [9.17, 15) is 4.79 Å². The Morgan fingerprint density at radius 2 is 1.81 bits per heavy atom. The first-order valence-corrected chi connectivity index (χ1v) is 15.3. The van der Waals surface area contributed by atoms with Gasteiger partial charge in [0.05, 0.1) is 17.2 Å². The summed E-state index contributed by atoms with van der Waals surface area (Å²) < 4.78 is 11.8. The zero-order valence-corrected chi connectivity index (χ0v) is 23.6. The number of aromatic nitrogens is 1. The molecule has 1 amide bonds. The highest BCUT2D eigenvalue weighted by Gasteiger charge is 2.49. The van der Waals surface area contributed by atoms with E-state index in [2.05, 4.69) is 38.2 Å². The molecule has 6 rings (SSSR count). The van der Waals surface area contributed by atoms with E-state index in [0.29, 0.717) is 16.3 Å². The Morgan fingerprint density at radius 3 is 2.51 bits per heavy atom. The summed E-state index contributed by atoms with van der Waals surface area (Å²) >= 11 is 1.59. The van der Waals surface area contributed by atoms with Crippen molar-refractivity contribution in [3.05, 3.63) is 34.0 Å². The summed E-state index contributed by atoms with van der Waals surface area (Å²) in [6.45, 7) is 9.11. The third kappa shape index (κ3) is 5.21. The van der Waals surface area contributed by atoms with Gasteiger partial charge in [-0.3, -0.25) is 4.79 Å². The molecule has 3 fully saturated rings. The van der Waals surface area contributed by atoms with Crippen molar-refractivity contribution in [3.8, 4) is 16.2 Å². The number of amides is 1. The standard InChI is InChI=1S/C31H42N2O3S/c1-30(2,3)23-18-21(19-24-26(23)36-16-13-31(24)11-12-31)27-25(17-20-7-5-4-6-8-20)33-29(37-27)28(34)32-22-9-14-35-15-10-22/h18-20,22H,4-17H2,1-3H3,(H,32,34). The maximum atomic E-state index is 13.3. The van der Waals surface area contributed by atoms with Gasteiger partial charge in [0.1, 0.15) is 5.75 Å². The Bertz CT molecular complexity index is 1130. The maximum Gasteiger partial charge on any atom is 0.280 e. The summed E-state index contributed by atoms with van der Waals surface area (Å²) in [6.07, 6.45) is 12.9. The molecule has 0 unspecified atom stereocenters. The molecule has 37 heavy (non-hydrogen) atoms. The van der Waals surface area contributed by atoms with Crippen molar-refractivity contribution >= 4 is 17.2 Å². The molecule has 2 aliphatic heterocycles. The lowest BCUT2D eigenvalue weighted by Crippen LogP contribution is -2.38. The van der Waals surface area contributed by atoms with Crippen LogP contribution in [0.25, 0.3) is 10.4 Å². The van der Waals surface area contributed by atoms with Crippen molar-refractivity contribution in [2.75, 3.05) is 19.8 Å². The predicted molar refractivity (Wildman–Crippen MR) is 149 cm³/mol. The molecule has 2 saturated carbocycles. The molecule has 1 N–H and O–H groups in total. The molecule has 2 aliphatic carbocycles. The highest BCUT2D eigenvalue weighted by Crippen LogP contribution is 2.58. The summed E-state index contributed by atoms with van der Waals surface area (Å²) in [4.78, 5) is 19.6. The van der Waals surface area contributed by atoms with Crippen LogP contribution in [-0.2, 0) is 22.0 Å². The third-order valence-electron chi connectivity index (χ3n) is 9.07. The molecule has 6 heteroatoms. The van der Waals surface area contributed by atoms with Crippen LogP contribution >= 0.6 is 11.3 Å². The minimum absolute atomic E-state index is 0.0228. The number of ether oxygens (including phenoxy) is 2. The van der Waals surface area contributed by atoms with Crippen LogP contribution in [0.4, 0.5) is 0 Å². The summed E-state index contributed by atoms with van der Waals surface area (Å²) in [6, 6.07) is 4.92. The summed E-state index contributed by atoms with van der Waals surface area (Å²) in [5.41, 5.74) is 5.30. The smallest absolute Gasteiger partial charge is 0.280 e. The van der Waals surface area contributed by atoms with Gasteiger partial charge in [0.25, 0.3) is 5.91 Å². The van der Waals surface area contributed by atoms with Gasteiger partial charge in [-0.05, 0) is 67.6 Å². The van der Waals surface area contributed by atoms with Gasteiger partial charge >= 0.3 is 0 Å². The van der Waals surface area contributed by atoms with Crippen LogP contribution in [0, 0.1) is 5.92 Å². The summed E-state index contributed by atoms with van der Waals surface area (Å²) in [5, 5.41) is 3.86. The second-order valence-electron chi connectivity index (χ2n) is 12.9. The molecule has 0 bridgehead atoms. The van der Waals surface area contributed by atoms with E-state index in [4.69, 9.17) is 14.5 Å². The molecule has 1 aromatic heterocycles. The van der Waals surface area contributed by atoms with Gasteiger partial charge in [-0.2, -0.15) is 0 Å². The highest BCUT2D eigenvalue weighted by molar-refractivity contribution is 7.17. The normalized spacial score (nSPS) is 21.9. The number of carbonyl (C=O) groups is 1. The molecule has 3 heterocycles. The van der Waals surface area contributed by atoms with E-state index in [0.717, 1.165) is 56.9 Å². The molecule has 0 radical (unpaired) electrons. The zero-order chi connectivity index (χ0) is 25.6. The highest BCUT2D eigenvalue weighted by atomic mass is 32.1. The van der Waals surface area contributed by atoms with E-state index in [1.165, 1.54) is 66.5 Å². The second-order valence-corrected chi connectivity index (χ2v) is 13.9. The van der Waals surface area contributed by atoms with Gasteiger partial charge in [0, 0.05) is 35.8 Å². The molecular formula is C31H42N2O3S. The number of carbonyl (C=O) groups excluding carboxylic acids is 1. The van der Waals surface area contributed by atoms with Crippen LogP contribution in [-0.4, -0.2) is 36.8 Å². The number of nitrogens with one attached hydrogen (secondary N) is 1. The van der Waals surface area contributed by atoms with Crippen LogP contribution in [0.2, 0.25) is 0 Å². The van der Waals surface area contributed by atoms with Crippen molar-refractivity contribution < 1.29 is 14.3 Å². The quantitative estimate of drug-likeness (QED) is 0.461. The lowest BCUT2D eigenvalue weighted by molar-refractivity contribution is 0.0696. The Hall–Kier alpha value is -1.92. The fourth-order valence-corrected chi connectivity index (χ4v) is 7.57. The van der Waals surface area contributed by atoms with Gasteiger partial charge in [-0.15, -0.1) is 11.3 Å². The van der Waals surface area contributed by atoms with Crippen LogP contribution in [0.15, 0.2) is 12.1 Å². The first-order valence-electron chi connectivity index (χ1n) is 14.5. The van der Waals surface area contributed by atoms with Gasteiger partial charge in [-0.1, -0.05) is 52.9 Å². The Morgan fingerprint density at radius 1 is 1.05 bits per heavy atom.